The molecule has 0 radical (unpaired) electrons. The van der Waals surface area contributed by atoms with Crippen LogP contribution in [0.1, 0.15) is 5.56 Å². The number of amidine groups is 1. The molecule has 0 saturated carbocycles. The van der Waals surface area contributed by atoms with Crippen LogP contribution >= 0.6 is 11.8 Å². The molecule has 0 aliphatic carbocycles. The molecule has 2 aromatic rings. The van der Waals surface area contributed by atoms with Crippen molar-refractivity contribution in [3.05, 3.63) is 52.9 Å². The minimum absolute atomic E-state index is 0.187. The van der Waals surface area contributed by atoms with E-state index in [4.69, 9.17) is 9.47 Å². The summed E-state index contributed by atoms with van der Waals surface area (Å²) < 4.78 is 10.6. The number of aliphatic imine (C=N–C) groups is 1. The number of aromatic hydroxyl groups is 1. The minimum atomic E-state index is -0.298. The number of phenolic OH excluding ortho intramolecular Hbond substituents is 1. The predicted molar refractivity (Wildman–Crippen MR) is 104 cm³/mol. The van der Waals surface area contributed by atoms with Gasteiger partial charge in [0.1, 0.15) is 17.2 Å². The molecule has 6 nitrogen and oxygen atoms in total. The van der Waals surface area contributed by atoms with E-state index in [0.717, 1.165) is 11.3 Å². The summed E-state index contributed by atoms with van der Waals surface area (Å²) in [7, 11) is 4.98. The minimum Gasteiger partial charge on any atom is -0.508 e. The van der Waals surface area contributed by atoms with Gasteiger partial charge in [0.15, 0.2) is 5.17 Å². The highest BCUT2D eigenvalue weighted by molar-refractivity contribution is 8.18. The molecule has 0 bridgehead atoms. The standard InChI is InChI=1S/C19H18N2O4S/c1-21(13-5-7-14(22)8-6-13)19-20-18(23)17(26-19)10-12-4-9-15(24-2)11-16(12)25-3/h4-11,22H,1-3H3/b17-10-. The summed E-state index contributed by atoms with van der Waals surface area (Å²) in [6.07, 6.45) is 1.76. The lowest BCUT2D eigenvalue weighted by atomic mass is 10.1. The Labute approximate surface area is 155 Å². The van der Waals surface area contributed by atoms with Gasteiger partial charge in [-0.1, -0.05) is 0 Å². The number of amides is 1. The van der Waals surface area contributed by atoms with E-state index < -0.39 is 0 Å². The van der Waals surface area contributed by atoms with E-state index in [1.54, 1.807) is 55.5 Å². The maximum atomic E-state index is 12.3. The molecule has 26 heavy (non-hydrogen) atoms. The summed E-state index contributed by atoms with van der Waals surface area (Å²) in [6.45, 7) is 0. The van der Waals surface area contributed by atoms with Gasteiger partial charge in [0.2, 0.25) is 0 Å². The Morgan fingerprint density at radius 2 is 1.85 bits per heavy atom. The van der Waals surface area contributed by atoms with Gasteiger partial charge in [0.05, 0.1) is 19.1 Å². The molecule has 1 aliphatic heterocycles. The molecule has 2 aromatic carbocycles. The maximum Gasteiger partial charge on any atom is 0.286 e. The van der Waals surface area contributed by atoms with Gasteiger partial charge in [-0.25, -0.2) is 0 Å². The first-order valence-corrected chi connectivity index (χ1v) is 8.61. The van der Waals surface area contributed by atoms with Crippen molar-refractivity contribution in [3.63, 3.8) is 0 Å². The molecule has 7 heteroatoms. The van der Waals surface area contributed by atoms with Crippen LogP contribution in [0.4, 0.5) is 5.69 Å². The second-order valence-corrected chi connectivity index (χ2v) is 6.50. The Kier molecular flexibility index (Phi) is 5.18. The molecule has 0 atom stereocenters. The fourth-order valence-corrected chi connectivity index (χ4v) is 3.29. The van der Waals surface area contributed by atoms with Gasteiger partial charge in [-0.3, -0.25) is 4.79 Å². The van der Waals surface area contributed by atoms with Crippen LogP contribution in [0.5, 0.6) is 17.2 Å². The number of carbonyl (C=O) groups is 1. The Balaban J connectivity index is 1.83. The molecule has 0 aromatic heterocycles. The summed E-state index contributed by atoms with van der Waals surface area (Å²) >= 11 is 1.29. The molecular weight excluding hydrogens is 352 g/mol. The molecule has 0 spiro atoms. The SMILES string of the molecule is COc1ccc(/C=C2\SC(N(C)c3ccc(O)cc3)=NC2=O)c(OC)c1. The molecule has 0 unspecified atom stereocenters. The second kappa shape index (κ2) is 7.53. The van der Waals surface area contributed by atoms with Crippen molar-refractivity contribution in [2.24, 2.45) is 4.99 Å². The van der Waals surface area contributed by atoms with Crippen LogP contribution in [0.3, 0.4) is 0 Å². The monoisotopic (exact) mass is 370 g/mol. The summed E-state index contributed by atoms with van der Waals surface area (Å²) in [4.78, 5) is 18.7. The third kappa shape index (κ3) is 3.67. The zero-order valence-electron chi connectivity index (χ0n) is 14.6. The fourth-order valence-electron chi connectivity index (χ4n) is 2.41. The van der Waals surface area contributed by atoms with Crippen LogP contribution in [0.15, 0.2) is 52.4 Å². The number of ether oxygens (including phenoxy) is 2. The zero-order chi connectivity index (χ0) is 18.7. The van der Waals surface area contributed by atoms with Crippen LogP contribution in [-0.4, -0.2) is 37.4 Å². The number of rotatable bonds is 4. The van der Waals surface area contributed by atoms with Gasteiger partial charge >= 0.3 is 0 Å². The molecule has 0 fully saturated rings. The number of benzene rings is 2. The Bertz CT molecular complexity index is 891. The summed E-state index contributed by atoms with van der Waals surface area (Å²) in [5.41, 5.74) is 1.60. The Morgan fingerprint density at radius 3 is 2.50 bits per heavy atom. The van der Waals surface area contributed by atoms with Crippen LogP contribution in [-0.2, 0) is 4.79 Å². The topological polar surface area (TPSA) is 71.4 Å². The molecule has 3 rings (SSSR count). The van der Waals surface area contributed by atoms with Crippen LogP contribution in [0.2, 0.25) is 0 Å². The van der Waals surface area contributed by atoms with E-state index >= 15 is 0 Å². The second-order valence-electron chi connectivity index (χ2n) is 5.49. The van der Waals surface area contributed by atoms with Crippen LogP contribution in [0.25, 0.3) is 6.08 Å². The highest BCUT2D eigenvalue weighted by Crippen LogP contribution is 2.34. The van der Waals surface area contributed by atoms with Crippen molar-refractivity contribution in [2.45, 2.75) is 0 Å². The van der Waals surface area contributed by atoms with Gasteiger partial charge in [-0.05, 0) is 54.2 Å². The van der Waals surface area contributed by atoms with Gasteiger partial charge in [-0.2, -0.15) is 4.99 Å². The van der Waals surface area contributed by atoms with E-state index in [0.29, 0.717) is 21.6 Å². The summed E-state index contributed by atoms with van der Waals surface area (Å²) in [5.74, 6) is 1.18. The number of hydrogen-bond donors (Lipinski definition) is 1. The van der Waals surface area contributed by atoms with E-state index in [-0.39, 0.29) is 11.7 Å². The normalized spacial score (nSPS) is 15.1. The number of thioether (sulfide) groups is 1. The van der Waals surface area contributed by atoms with E-state index in [1.165, 1.54) is 11.8 Å². The first-order valence-electron chi connectivity index (χ1n) is 7.79. The highest BCUT2D eigenvalue weighted by atomic mass is 32.2. The third-order valence-corrected chi connectivity index (χ3v) is 4.92. The van der Waals surface area contributed by atoms with E-state index in [1.807, 2.05) is 19.2 Å². The molecule has 0 saturated heterocycles. The number of carbonyl (C=O) groups excluding carboxylic acids is 1. The Hall–Kier alpha value is -2.93. The van der Waals surface area contributed by atoms with E-state index in [2.05, 4.69) is 4.99 Å². The van der Waals surface area contributed by atoms with Crippen molar-refractivity contribution < 1.29 is 19.4 Å². The number of methoxy groups -OCH3 is 2. The molecule has 1 N–H and O–H groups in total. The highest BCUT2D eigenvalue weighted by Gasteiger charge is 2.25. The Morgan fingerprint density at radius 1 is 1.12 bits per heavy atom. The quantitative estimate of drug-likeness (QED) is 0.831. The van der Waals surface area contributed by atoms with Crippen LogP contribution < -0.4 is 14.4 Å². The van der Waals surface area contributed by atoms with Gasteiger partial charge in [0, 0.05) is 24.4 Å². The average molecular weight is 370 g/mol. The van der Waals surface area contributed by atoms with Gasteiger partial charge in [-0.15, -0.1) is 0 Å². The third-order valence-electron chi connectivity index (χ3n) is 3.86. The fraction of sp³-hybridized carbons (Fsp3) is 0.158. The van der Waals surface area contributed by atoms with Crippen LogP contribution in [0, 0.1) is 0 Å². The average Bonchev–Trinajstić information content (AvgIpc) is 3.02. The number of nitrogens with zero attached hydrogens (tertiary/aromatic N) is 2. The molecule has 1 aliphatic rings. The van der Waals surface area contributed by atoms with Crippen molar-refractivity contribution in [2.75, 3.05) is 26.2 Å². The van der Waals surface area contributed by atoms with Gasteiger partial charge in [0.25, 0.3) is 5.91 Å². The maximum absolute atomic E-state index is 12.3. The van der Waals surface area contributed by atoms with Gasteiger partial charge < -0.3 is 19.5 Å². The number of anilines is 1. The smallest absolute Gasteiger partial charge is 0.286 e. The lowest BCUT2D eigenvalue weighted by Gasteiger charge is -2.17. The van der Waals surface area contributed by atoms with Crippen molar-refractivity contribution in [3.8, 4) is 17.2 Å². The molecule has 1 heterocycles. The first kappa shape index (κ1) is 17.9. The lowest BCUT2D eigenvalue weighted by molar-refractivity contribution is -0.113. The summed E-state index contributed by atoms with van der Waals surface area (Å²) in [5, 5.41) is 9.97. The van der Waals surface area contributed by atoms with Crippen molar-refractivity contribution >= 4 is 34.6 Å². The summed E-state index contributed by atoms with van der Waals surface area (Å²) in [6, 6.07) is 12.1. The molecular formula is C19H18N2O4S. The van der Waals surface area contributed by atoms with Crippen molar-refractivity contribution in [1.82, 2.24) is 0 Å². The molecule has 134 valence electrons. The number of phenols is 1. The predicted octanol–water partition coefficient (Wildman–Crippen LogP) is 3.52. The largest absolute Gasteiger partial charge is 0.508 e. The lowest BCUT2D eigenvalue weighted by Crippen LogP contribution is -2.21. The van der Waals surface area contributed by atoms with E-state index in [9.17, 15) is 9.90 Å². The van der Waals surface area contributed by atoms with Crippen molar-refractivity contribution in [1.29, 1.82) is 0 Å². The number of hydrogen-bond acceptors (Lipinski definition) is 6. The molecule has 1 amide bonds. The first-order chi connectivity index (χ1) is 12.5. The zero-order valence-corrected chi connectivity index (χ0v) is 15.4.